The molecule has 2 N–H and O–H groups in total. The van der Waals surface area contributed by atoms with Crippen molar-refractivity contribution in [3.05, 3.63) is 35.7 Å². The van der Waals surface area contributed by atoms with Crippen LogP contribution in [0.15, 0.2) is 28.8 Å². The fraction of sp³-hybridized carbons (Fsp3) is 0.467. The van der Waals surface area contributed by atoms with Crippen molar-refractivity contribution in [1.29, 1.82) is 0 Å². The van der Waals surface area contributed by atoms with Crippen molar-refractivity contribution in [3.63, 3.8) is 0 Å². The van der Waals surface area contributed by atoms with Crippen LogP contribution in [0.3, 0.4) is 0 Å². The standard InChI is InChI=1S/C15H18F3N3O3/c1-14(2,3)23-13(22)19-8-9-4-6-10(7-5-9)11-20-12(24-21-11)15(16,17)18/h4-7,13,19,22H,8H2,1-3H3. The van der Waals surface area contributed by atoms with Crippen molar-refractivity contribution < 1.29 is 27.5 Å². The summed E-state index contributed by atoms with van der Waals surface area (Å²) in [7, 11) is 0. The Morgan fingerprint density at radius 1 is 1.21 bits per heavy atom. The predicted molar refractivity (Wildman–Crippen MR) is 78.4 cm³/mol. The van der Waals surface area contributed by atoms with E-state index in [-0.39, 0.29) is 5.82 Å². The van der Waals surface area contributed by atoms with Gasteiger partial charge in [-0.2, -0.15) is 18.2 Å². The first-order valence-electron chi connectivity index (χ1n) is 7.14. The van der Waals surface area contributed by atoms with Gasteiger partial charge < -0.3 is 14.4 Å². The number of ether oxygens (including phenoxy) is 1. The van der Waals surface area contributed by atoms with Gasteiger partial charge in [-0.05, 0) is 26.3 Å². The molecule has 0 radical (unpaired) electrons. The second-order valence-corrected chi connectivity index (χ2v) is 6.08. The molecule has 1 aromatic carbocycles. The first-order chi connectivity index (χ1) is 11.0. The van der Waals surface area contributed by atoms with Crippen LogP contribution in [0.25, 0.3) is 11.4 Å². The van der Waals surface area contributed by atoms with Crippen LogP contribution in [0.5, 0.6) is 0 Å². The minimum Gasteiger partial charge on any atom is -0.356 e. The quantitative estimate of drug-likeness (QED) is 0.811. The molecule has 1 atom stereocenters. The maximum absolute atomic E-state index is 12.4. The molecule has 0 aliphatic carbocycles. The van der Waals surface area contributed by atoms with Gasteiger partial charge in [0.25, 0.3) is 0 Å². The molecule has 0 amide bonds. The molecule has 0 bridgehead atoms. The van der Waals surface area contributed by atoms with Crippen LogP contribution < -0.4 is 5.32 Å². The van der Waals surface area contributed by atoms with Crippen molar-refractivity contribution in [2.24, 2.45) is 0 Å². The lowest BCUT2D eigenvalue weighted by molar-refractivity contribution is -0.182. The number of aromatic nitrogens is 2. The van der Waals surface area contributed by atoms with Crippen LogP contribution in [-0.4, -0.2) is 27.3 Å². The van der Waals surface area contributed by atoms with Gasteiger partial charge in [-0.1, -0.05) is 29.4 Å². The lowest BCUT2D eigenvalue weighted by atomic mass is 10.1. The van der Waals surface area contributed by atoms with E-state index in [1.807, 2.05) is 20.8 Å². The van der Waals surface area contributed by atoms with Gasteiger partial charge in [0, 0.05) is 12.1 Å². The van der Waals surface area contributed by atoms with E-state index in [1.165, 1.54) is 0 Å². The Morgan fingerprint density at radius 2 is 1.83 bits per heavy atom. The molecular formula is C15H18F3N3O3. The monoisotopic (exact) mass is 345 g/mol. The first-order valence-corrected chi connectivity index (χ1v) is 7.14. The SMILES string of the molecule is CC(C)(C)OC(O)NCc1ccc(-c2noc(C(F)(F)F)n2)cc1. The van der Waals surface area contributed by atoms with E-state index in [0.29, 0.717) is 12.1 Å². The number of aliphatic hydroxyl groups excluding tert-OH is 1. The Labute approximate surface area is 136 Å². The molecule has 9 heteroatoms. The summed E-state index contributed by atoms with van der Waals surface area (Å²) in [6.45, 7) is 5.75. The molecule has 2 aromatic rings. The normalized spacial score (nSPS) is 14.0. The van der Waals surface area contributed by atoms with E-state index in [2.05, 4.69) is 20.0 Å². The Kier molecular flexibility index (Phi) is 5.26. The molecule has 1 heterocycles. The predicted octanol–water partition coefficient (Wildman–Crippen LogP) is 2.94. The summed E-state index contributed by atoms with van der Waals surface area (Å²) in [5.74, 6) is -1.52. The Bertz CT molecular complexity index is 663. The molecule has 1 unspecified atom stereocenters. The summed E-state index contributed by atoms with van der Waals surface area (Å²) >= 11 is 0. The summed E-state index contributed by atoms with van der Waals surface area (Å²) < 4.78 is 46.8. The number of rotatable bonds is 5. The van der Waals surface area contributed by atoms with Crippen LogP contribution in [0, 0.1) is 0 Å². The van der Waals surface area contributed by atoms with Crippen molar-refractivity contribution in [1.82, 2.24) is 15.5 Å². The van der Waals surface area contributed by atoms with Crippen LogP contribution >= 0.6 is 0 Å². The molecule has 0 spiro atoms. The summed E-state index contributed by atoms with van der Waals surface area (Å²) in [5.41, 5.74) is 0.699. The summed E-state index contributed by atoms with van der Waals surface area (Å²) in [4.78, 5) is 3.32. The number of hydrogen-bond acceptors (Lipinski definition) is 6. The van der Waals surface area contributed by atoms with Gasteiger partial charge in [0.1, 0.15) is 0 Å². The lowest BCUT2D eigenvalue weighted by Crippen LogP contribution is -2.37. The summed E-state index contributed by atoms with van der Waals surface area (Å²) in [6, 6.07) is 6.49. The molecule has 2 rings (SSSR count). The molecule has 6 nitrogen and oxygen atoms in total. The highest BCUT2D eigenvalue weighted by atomic mass is 19.4. The second kappa shape index (κ2) is 6.88. The van der Waals surface area contributed by atoms with E-state index in [0.717, 1.165) is 5.56 Å². The van der Waals surface area contributed by atoms with Gasteiger partial charge in [-0.3, -0.25) is 5.32 Å². The molecule has 0 aliphatic rings. The first kappa shape index (κ1) is 18.4. The van der Waals surface area contributed by atoms with Gasteiger partial charge in [0.15, 0.2) is 0 Å². The van der Waals surface area contributed by atoms with Gasteiger partial charge in [0.2, 0.25) is 12.2 Å². The average molecular weight is 345 g/mol. The molecule has 0 saturated carbocycles. The van der Waals surface area contributed by atoms with Gasteiger partial charge >= 0.3 is 12.1 Å². The summed E-state index contributed by atoms with van der Waals surface area (Å²) in [6.07, 6.45) is -5.80. The average Bonchev–Trinajstić information content (AvgIpc) is 2.93. The molecule has 24 heavy (non-hydrogen) atoms. The van der Waals surface area contributed by atoms with Crippen molar-refractivity contribution >= 4 is 0 Å². The van der Waals surface area contributed by atoms with Gasteiger partial charge in [-0.15, -0.1) is 0 Å². The zero-order chi connectivity index (χ0) is 18.0. The largest absolute Gasteiger partial charge is 0.471 e. The lowest BCUT2D eigenvalue weighted by Gasteiger charge is -2.24. The molecule has 0 fully saturated rings. The second-order valence-electron chi connectivity index (χ2n) is 6.08. The Balaban J connectivity index is 1.97. The fourth-order valence-electron chi connectivity index (χ4n) is 1.81. The molecule has 1 aromatic heterocycles. The van der Waals surface area contributed by atoms with E-state index >= 15 is 0 Å². The molecule has 0 saturated heterocycles. The van der Waals surface area contributed by atoms with Gasteiger partial charge in [0.05, 0.1) is 5.60 Å². The Morgan fingerprint density at radius 3 is 2.33 bits per heavy atom. The van der Waals surface area contributed by atoms with Crippen molar-refractivity contribution in [2.45, 2.75) is 45.5 Å². The van der Waals surface area contributed by atoms with E-state index < -0.39 is 24.1 Å². The zero-order valence-electron chi connectivity index (χ0n) is 13.4. The highest BCUT2D eigenvalue weighted by Crippen LogP contribution is 2.29. The number of aliphatic hydroxyl groups is 1. The smallest absolute Gasteiger partial charge is 0.356 e. The third-order valence-corrected chi connectivity index (χ3v) is 2.83. The third kappa shape index (κ3) is 5.29. The third-order valence-electron chi connectivity index (χ3n) is 2.83. The number of benzene rings is 1. The topological polar surface area (TPSA) is 80.4 Å². The van der Waals surface area contributed by atoms with E-state index in [9.17, 15) is 18.3 Å². The Hall–Kier alpha value is -1.97. The number of nitrogens with one attached hydrogen (secondary N) is 1. The highest BCUT2D eigenvalue weighted by Gasteiger charge is 2.38. The number of hydrogen-bond donors (Lipinski definition) is 2. The fourth-order valence-corrected chi connectivity index (χ4v) is 1.81. The zero-order valence-corrected chi connectivity index (χ0v) is 13.4. The highest BCUT2D eigenvalue weighted by molar-refractivity contribution is 5.54. The van der Waals surface area contributed by atoms with E-state index in [1.54, 1.807) is 24.3 Å². The molecular weight excluding hydrogens is 327 g/mol. The molecule has 0 aliphatic heterocycles. The van der Waals surface area contributed by atoms with Gasteiger partial charge in [-0.25, -0.2) is 0 Å². The van der Waals surface area contributed by atoms with Crippen LogP contribution in [0.4, 0.5) is 13.2 Å². The summed E-state index contributed by atoms with van der Waals surface area (Å²) in [5, 5.41) is 15.8. The van der Waals surface area contributed by atoms with Crippen LogP contribution in [-0.2, 0) is 17.5 Å². The van der Waals surface area contributed by atoms with Crippen LogP contribution in [0.1, 0.15) is 32.2 Å². The maximum atomic E-state index is 12.4. The minimum atomic E-state index is -4.67. The van der Waals surface area contributed by atoms with E-state index in [4.69, 9.17) is 4.74 Å². The minimum absolute atomic E-state index is 0.141. The maximum Gasteiger partial charge on any atom is 0.471 e. The van der Waals surface area contributed by atoms with Crippen molar-refractivity contribution in [3.8, 4) is 11.4 Å². The van der Waals surface area contributed by atoms with Crippen molar-refractivity contribution in [2.75, 3.05) is 0 Å². The number of nitrogens with zero attached hydrogens (tertiary/aromatic N) is 2. The van der Waals surface area contributed by atoms with Crippen LogP contribution in [0.2, 0.25) is 0 Å². The molecule has 132 valence electrons. The number of alkyl halides is 3. The number of halogens is 3.